The van der Waals surface area contributed by atoms with E-state index in [4.69, 9.17) is 4.74 Å². The van der Waals surface area contributed by atoms with Crippen molar-refractivity contribution in [3.8, 4) is 5.75 Å². The average Bonchev–Trinajstić information content (AvgIpc) is 3.04. The van der Waals surface area contributed by atoms with E-state index in [9.17, 15) is 9.59 Å². The van der Waals surface area contributed by atoms with Gasteiger partial charge in [-0.05, 0) is 42.5 Å². The summed E-state index contributed by atoms with van der Waals surface area (Å²) in [5, 5.41) is 0.474. The van der Waals surface area contributed by atoms with Gasteiger partial charge in [-0.15, -0.1) is 0 Å². The van der Waals surface area contributed by atoms with Crippen LogP contribution < -0.4 is 15.2 Å². The smallest absolute Gasteiger partial charge is 0.258 e. The number of amides is 1. The molecule has 6 nitrogen and oxygen atoms in total. The second-order valence-corrected chi connectivity index (χ2v) is 7.13. The second kappa shape index (κ2) is 6.57. The summed E-state index contributed by atoms with van der Waals surface area (Å²) in [7, 11) is 1.55. The Morgan fingerprint density at radius 1 is 1.19 bits per heavy atom. The van der Waals surface area contributed by atoms with Crippen LogP contribution in [-0.2, 0) is 4.79 Å². The minimum Gasteiger partial charge on any atom is -0.497 e. The maximum atomic E-state index is 12.5. The van der Waals surface area contributed by atoms with E-state index >= 15 is 0 Å². The number of carbonyl (C=O) groups excluding carboxylic acids is 1. The van der Waals surface area contributed by atoms with Crippen molar-refractivity contribution >= 4 is 38.4 Å². The fourth-order valence-corrected chi connectivity index (χ4v) is 3.48. The molecule has 0 radical (unpaired) electrons. The number of nitrogens with one attached hydrogen (secondary N) is 1. The SMILES string of the molecule is COc1ccc2nc([C@@H]3CC(=O)N(c4ccc(Br)cc4)C3)[nH]c(=O)c2c1. The summed E-state index contributed by atoms with van der Waals surface area (Å²) >= 11 is 3.40. The van der Waals surface area contributed by atoms with Gasteiger partial charge in [0.2, 0.25) is 5.91 Å². The monoisotopic (exact) mass is 413 g/mol. The molecular formula is C19H16BrN3O3. The van der Waals surface area contributed by atoms with Gasteiger partial charge < -0.3 is 14.6 Å². The number of benzene rings is 2. The predicted molar refractivity (Wildman–Crippen MR) is 103 cm³/mol. The summed E-state index contributed by atoms with van der Waals surface area (Å²) < 4.78 is 6.12. The van der Waals surface area contributed by atoms with E-state index in [1.165, 1.54) is 0 Å². The van der Waals surface area contributed by atoms with E-state index in [0.29, 0.717) is 35.4 Å². The van der Waals surface area contributed by atoms with E-state index in [1.807, 2.05) is 24.3 Å². The first kappa shape index (κ1) is 16.8. The van der Waals surface area contributed by atoms with Gasteiger partial charge in [0.15, 0.2) is 0 Å². The molecule has 1 saturated heterocycles. The maximum absolute atomic E-state index is 12.5. The zero-order valence-electron chi connectivity index (χ0n) is 14.0. The van der Waals surface area contributed by atoms with Crippen molar-refractivity contribution in [2.75, 3.05) is 18.6 Å². The molecule has 0 spiro atoms. The lowest BCUT2D eigenvalue weighted by atomic mass is 10.1. The molecule has 4 rings (SSSR count). The maximum Gasteiger partial charge on any atom is 0.258 e. The third kappa shape index (κ3) is 2.99. The zero-order chi connectivity index (χ0) is 18.3. The van der Waals surface area contributed by atoms with Gasteiger partial charge in [-0.1, -0.05) is 15.9 Å². The summed E-state index contributed by atoms with van der Waals surface area (Å²) in [5.41, 5.74) is 1.21. The number of hydrogen-bond acceptors (Lipinski definition) is 4. The van der Waals surface area contributed by atoms with E-state index in [2.05, 4.69) is 25.9 Å². The molecule has 132 valence electrons. The average molecular weight is 414 g/mol. The van der Waals surface area contributed by atoms with Crippen molar-refractivity contribution in [1.82, 2.24) is 9.97 Å². The number of carbonyl (C=O) groups is 1. The first-order valence-corrected chi connectivity index (χ1v) is 8.98. The molecule has 0 saturated carbocycles. The molecule has 26 heavy (non-hydrogen) atoms. The summed E-state index contributed by atoms with van der Waals surface area (Å²) in [6.07, 6.45) is 0.320. The summed E-state index contributed by atoms with van der Waals surface area (Å²) in [4.78, 5) is 34.0. The fourth-order valence-electron chi connectivity index (χ4n) is 3.22. The van der Waals surface area contributed by atoms with Crippen LogP contribution in [0.2, 0.25) is 0 Å². The van der Waals surface area contributed by atoms with Crippen LogP contribution in [0.3, 0.4) is 0 Å². The quantitative estimate of drug-likeness (QED) is 0.714. The highest BCUT2D eigenvalue weighted by Gasteiger charge is 2.33. The van der Waals surface area contributed by atoms with Gasteiger partial charge in [0.25, 0.3) is 5.56 Å². The van der Waals surface area contributed by atoms with Crippen LogP contribution in [0.5, 0.6) is 5.75 Å². The highest BCUT2D eigenvalue weighted by Crippen LogP contribution is 2.31. The van der Waals surface area contributed by atoms with E-state index in [1.54, 1.807) is 30.2 Å². The molecule has 1 fully saturated rings. The molecule has 1 aromatic heterocycles. The number of nitrogens with zero attached hydrogens (tertiary/aromatic N) is 2. The number of hydrogen-bond donors (Lipinski definition) is 1. The van der Waals surface area contributed by atoms with Crippen molar-refractivity contribution in [3.05, 3.63) is 63.1 Å². The third-order valence-corrected chi connectivity index (χ3v) is 5.11. The predicted octanol–water partition coefficient (Wildman–Crippen LogP) is 3.21. The first-order valence-electron chi connectivity index (χ1n) is 8.19. The van der Waals surface area contributed by atoms with Gasteiger partial charge in [-0.3, -0.25) is 9.59 Å². The van der Waals surface area contributed by atoms with E-state index < -0.39 is 0 Å². The molecule has 2 aromatic carbocycles. The lowest BCUT2D eigenvalue weighted by Crippen LogP contribution is -2.24. The van der Waals surface area contributed by atoms with Crippen LogP contribution in [0.25, 0.3) is 10.9 Å². The van der Waals surface area contributed by atoms with Gasteiger partial charge in [-0.25, -0.2) is 4.98 Å². The van der Waals surface area contributed by atoms with Gasteiger partial charge in [0.1, 0.15) is 11.6 Å². The number of halogens is 1. The van der Waals surface area contributed by atoms with Crippen molar-refractivity contribution in [2.45, 2.75) is 12.3 Å². The van der Waals surface area contributed by atoms with E-state index in [0.717, 1.165) is 10.2 Å². The molecule has 1 aliphatic rings. The summed E-state index contributed by atoms with van der Waals surface area (Å²) in [6.45, 7) is 0.491. The van der Waals surface area contributed by atoms with Crippen LogP contribution >= 0.6 is 15.9 Å². The highest BCUT2D eigenvalue weighted by atomic mass is 79.9. The lowest BCUT2D eigenvalue weighted by Gasteiger charge is -2.16. The van der Waals surface area contributed by atoms with Crippen molar-refractivity contribution in [1.29, 1.82) is 0 Å². The van der Waals surface area contributed by atoms with Crippen LogP contribution in [0.1, 0.15) is 18.2 Å². The summed E-state index contributed by atoms with van der Waals surface area (Å²) in [5.74, 6) is 1.02. The van der Waals surface area contributed by atoms with Crippen LogP contribution in [0.15, 0.2) is 51.7 Å². The molecule has 1 N–H and O–H groups in total. The van der Waals surface area contributed by atoms with Crippen molar-refractivity contribution < 1.29 is 9.53 Å². The number of aromatic nitrogens is 2. The topological polar surface area (TPSA) is 75.3 Å². The van der Waals surface area contributed by atoms with E-state index in [-0.39, 0.29) is 17.4 Å². The Morgan fingerprint density at radius 3 is 2.69 bits per heavy atom. The van der Waals surface area contributed by atoms with Crippen LogP contribution in [0.4, 0.5) is 5.69 Å². The second-order valence-electron chi connectivity index (χ2n) is 6.22. The van der Waals surface area contributed by atoms with Gasteiger partial charge in [0.05, 0.1) is 18.0 Å². The molecule has 7 heteroatoms. The molecule has 0 aliphatic carbocycles. The Hall–Kier alpha value is -2.67. The van der Waals surface area contributed by atoms with Gasteiger partial charge in [0, 0.05) is 29.0 Å². The number of aromatic amines is 1. The number of methoxy groups -OCH3 is 1. The molecule has 1 aliphatic heterocycles. The Kier molecular flexibility index (Phi) is 4.24. The third-order valence-electron chi connectivity index (χ3n) is 4.58. The number of fused-ring (bicyclic) bond motifs is 1. The van der Waals surface area contributed by atoms with Gasteiger partial charge >= 0.3 is 0 Å². The Labute approximate surface area is 157 Å². The Balaban J connectivity index is 1.67. The van der Waals surface area contributed by atoms with Crippen molar-refractivity contribution in [2.24, 2.45) is 0 Å². The molecule has 2 heterocycles. The molecule has 0 unspecified atom stereocenters. The van der Waals surface area contributed by atoms with Crippen LogP contribution in [0, 0.1) is 0 Å². The fraction of sp³-hybridized carbons (Fsp3) is 0.211. The number of ether oxygens (including phenoxy) is 1. The zero-order valence-corrected chi connectivity index (χ0v) is 15.6. The molecular weight excluding hydrogens is 398 g/mol. The minimum absolute atomic E-state index is 0.0230. The number of rotatable bonds is 3. The number of anilines is 1. The highest BCUT2D eigenvalue weighted by molar-refractivity contribution is 9.10. The Bertz CT molecular complexity index is 1050. The summed E-state index contributed by atoms with van der Waals surface area (Å²) in [6, 6.07) is 12.8. The molecule has 1 amide bonds. The lowest BCUT2D eigenvalue weighted by molar-refractivity contribution is -0.117. The minimum atomic E-state index is -0.224. The van der Waals surface area contributed by atoms with Crippen LogP contribution in [-0.4, -0.2) is 29.5 Å². The molecule has 1 atom stereocenters. The Morgan fingerprint density at radius 2 is 1.96 bits per heavy atom. The van der Waals surface area contributed by atoms with Crippen molar-refractivity contribution in [3.63, 3.8) is 0 Å². The van der Waals surface area contributed by atoms with Gasteiger partial charge in [-0.2, -0.15) is 0 Å². The largest absolute Gasteiger partial charge is 0.497 e. The molecule has 0 bridgehead atoms. The standard InChI is InChI=1S/C19H16BrN3O3/c1-26-14-6-7-16-15(9-14)19(25)22-18(21-16)11-8-17(24)23(10-11)13-4-2-12(20)3-5-13/h2-7,9,11H,8,10H2,1H3,(H,21,22,25)/t11-/m1/s1. The normalized spacial score (nSPS) is 17.1. The molecule has 3 aromatic rings. The number of H-pyrrole nitrogens is 1. The first-order chi connectivity index (χ1) is 12.5.